The van der Waals surface area contributed by atoms with Crippen LogP contribution in [-0.4, -0.2) is 20.3 Å². The highest BCUT2D eigenvalue weighted by atomic mass is 16.5. The molecule has 112 valence electrons. The Bertz CT molecular complexity index is 511. The van der Waals surface area contributed by atoms with Gasteiger partial charge in [0.2, 0.25) is 0 Å². The van der Waals surface area contributed by atoms with Gasteiger partial charge in [0.15, 0.2) is 0 Å². The number of hydrogen-bond donors (Lipinski definition) is 1. The van der Waals surface area contributed by atoms with Crippen molar-refractivity contribution in [2.75, 3.05) is 20.3 Å². The van der Waals surface area contributed by atoms with Crippen molar-refractivity contribution in [3.63, 3.8) is 0 Å². The van der Waals surface area contributed by atoms with Crippen molar-refractivity contribution in [1.82, 2.24) is 0 Å². The summed E-state index contributed by atoms with van der Waals surface area (Å²) < 4.78 is 11.0. The largest absolute Gasteiger partial charge is 0.497 e. The molecule has 0 bridgehead atoms. The zero-order valence-electron chi connectivity index (χ0n) is 12.5. The molecular weight excluding hydrogens is 262 g/mol. The molecule has 3 heteroatoms. The van der Waals surface area contributed by atoms with E-state index in [1.54, 1.807) is 7.11 Å². The van der Waals surface area contributed by atoms with E-state index in [9.17, 15) is 0 Å². The third kappa shape index (κ3) is 5.21. The van der Waals surface area contributed by atoms with Gasteiger partial charge in [-0.25, -0.2) is 0 Å². The number of methoxy groups -OCH3 is 1. The second kappa shape index (κ2) is 8.45. The zero-order valence-corrected chi connectivity index (χ0v) is 12.5. The fraction of sp³-hybridized carbons (Fsp3) is 0.333. The molecule has 2 aromatic rings. The third-order valence-electron chi connectivity index (χ3n) is 3.48. The molecule has 0 saturated heterocycles. The van der Waals surface area contributed by atoms with Crippen molar-refractivity contribution in [3.8, 4) is 5.75 Å². The van der Waals surface area contributed by atoms with E-state index in [0.717, 1.165) is 12.2 Å². The van der Waals surface area contributed by atoms with E-state index >= 15 is 0 Å². The Hall–Kier alpha value is -1.84. The van der Waals surface area contributed by atoms with Gasteiger partial charge >= 0.3 is 0 Å². The first kappa shape index (κ1) is 15.5. The van der Waals surface area contributed by atoms with Gasteiger partial charge in [0.25, 0.3) is 0 Å². The quantitative estimate of drug-likeness (QED) is 0.811. The average Bonchev–Trinajstić information content (AvgIpc) is 2.55. The van der Waals surface area contributed by atoms with E-state index in [1.807, 2.05) is 30.3 Å². The molecule has 2 aromatic carbocycles. The van der Waals surface area contributed by atoms with E-state index in [0.29, 0.717) is 25.7 Å². The van der Waals surface area contributed by atoms with E-state index in [2.05, 4.69) is 24.3 Å². The Morgan fingerprint density at radius 2 is 1.67 bits per heavy atom. The minimum atomic E-state index is 0.335. The summed E-state index contributed by atoms with van der Waals surface area (Å²) in [6.45, 7) is 1.94. The highest BCUT2D eigenvalue weighted by Gasteiger charge is 2.08. The predicted molar refractivity (Wildman–Crippen MR) is 85.3 cm³/mol. The molecular formula is C18H23NO2. The summed E-state index contributed by atoms with van der Waals surface area (Å²) in [5.74, 6) is 1.21. The first-order chi connectivity index (χ1) is 10.3. The molecule has 0 fully saturated rings. The fourth-order valence-electron chi connectivity index (χ4n) is 2.22. The zero-order chi connectivity index (χ0) is 14.9. The Kier molecular flexibility index (Phi) is 6.25. The fourth-order valence-corrected chi connectivity index (χ4v) is 2.22. The van der Waals surface area contributed by atoms with E-state index < -0.39 is 0 Å². The molecule has 0 saturated carbocycles. The lowest BCUT2D eigenvalue weighted by atomic mass is 10.0. The molecule has 21 heavy (non-hydrogen) atoms. The molecule has 0 spiro atoms. The Balaban J connectivity index is 1.79. The summed E-state index contributed by atoms with van der Waals surface area (Å²) in [5.41, 5.74) is 8.30. The first-order valence-corrected chi connectivity index (χ1v) is 7.26. The van der Waals surface area contributed by atoms with Crippen LogP contribution in [0.2, 0.25) is 0 Å². The van der Waals surface area contributed by atoms with Crippen LogP contribution in [0.3, 0.4) is 0 Å². The van der Waals surface area contributed by atoms with Crippen LogP contribution in [-0.2, 0) is 17.8 Å². The second-order valence-electron chi connectivity index (χ2n) is 5.15. The van der Waals surface area contributed by atoms with Gasteiger partial charge in [-0.05, 0) is 42.1 Å². The molecule has 0 aromatic heterocycles. The molecule has 0 aliphatic carbocycles. The number of ether oxygens (including phenoxy) is 2. The molecule has 1 atom stereocenters. The summed E-state index contributed by atoms with van der Waals surface area (Å²) in [6.07, 6.45) is 0.926. The summed E-state index contributed by atoms with van der Waals surface area (Å²) in [5, 5.41) is 0. The molecule has 2 N–H and O–H groups in total. The number of rotatable bonds is 8. The lowest BCUT2D eigenvalue weighted by Crippen LogP contribution is -2.22. The topological polar surface area (TPSA) is 44.5 Å². The Morgan fingerprint density at radius 3 is 2.29 bits per heavy atom. The van der Waals surface area contributed by atoms with Gasteiger partial charge in [0.05, 0.1) is 20.3 Å². The van der Waals surface area contributed by atoms with Crippen LogP contribution in [0.1, 0.15) is 11.1 Å². The first-order valence-electron chi connectivity index (χ1n) is 7.26. The summed E-state index contributed by atoms with van der Waals surface area (Å²) in [4.78, 5) is 0. The van der Waals surface area contributed by atoms with E-state index in [-0.39, 0.29) is 0 Å². The molecule has 0 heterocycles. The van der Waals surface area contributed by atoms with Gasteiger partial charge in [0, 0.05) is 0 Å². The monoisotopic (exact) mass is 285 g/mol. The van der Waals surface area contributed by atoms with Crippen molar-refractivity contribution in [2.24, 2.45) is 11.7 Å². The van der Waals surface area contributed by atoms with Gasteiger partial charge in [-0.1, -0.05) is 42.5 Å². The van der Waals surface area contributed by atoms with Crippen molar-refractivity contribution in [1.29, 1.82) is 0 Å². The normalized spacial score (nSPS) is 12.1. The summed E-state index contributed by atoms with van der Waals surface area (Å²) in [6, 6.07) is 18.3. The van der Waals surface area contributed by atoms with Crippen molar-refractivity contribution in [3.05, 3.63) is 65.7 Å². The van der Waals surface area contributed by atoms with Crippen LogP contribution in [0.15, 0.2) is 54.6 Å². The average molecular weight is 285 g/mol. The summed E-state index contributed by atoms with van der Waals surface area (Å²) in [7, 11) is 1.68. The number of hydrogen-bond acceptors (Lipinski definition) is 3. The minimum absolute atomic E-state index is 0.335. The van der Waals surface area contributed by atoms with Crippen LogP contribution < -0.4 is 10.5 Å². The van der Waals surface area contributed by atoms with Crippen molar-refractivity contribution < 1.29 is 9.47 Å². The van der Waals surface area contributed by atoms with Crippen molar-refractivity contribution >= 4 is 0 Å². The van der Waals surface area contributed by atoms with Gasteiger partial charge in [0.1, 0.15) is 5.75 Å². The molecule has 1 unspecified atom stereocenters. The van der Waals surface area contributed by atoms with Crippen LogP contribution >= 0.6 is 0 Å². The van der Waals surface area contributed by atoms with Gasteiger partial charge in [-0.3, -0.25) is 0 Å². The standard InChI is InChI=1S/C18H23NO2/c1-20-18-9-7-15(8-10-18)11-17(12-19)14-21-13-16-5-3-2-4-6-16/h2-10,17H,11-14,19H2,1H3. The maximum absolute atomic E-state index is 5.85. The minimum Gasteiger partial charge on any atom is -0.497 e. The lowest BCUT2D eigenvalue weighted by Gasteiger charge is -2.15. The Morgan fingerprint density at radius 1 is 0.952 bits per heavy atom. The van der Waals surface area contributed by atoms with Crippen molar-refractivity contribution in [2.45, 2.75) is 13.0 Å². The molecule has 3 nitrogen and oxygen atoms in total. The molecule has 0 aliphatic heterocycles. The highest BCUT2D eigenvalue weighted by Crippen LogP contribution is 2.15. The number of benzene rings is 2. The van der Waals surface area contributed by atoms with Gasteiger partial charge in [-0.15, -0.1) is 0 Å². The highest BCUT2D eigenvalue weighted by molar-refractivity contribution is 5.27. The number of nitrogens with two attached hydrogens (primary N) is 1. The van der Waals surface area contributed by atoms with Gasteiger partial charge < -0.3 is 15.2 Å². The molecule has 0 aliphatic rings. The van der Waals surface area contributed by atoms with Crippen LogP contribution in [0.5, 0.6) is 5.75 Å². The SMILES string of the molecule is COc1ccc(CC(CN)COCc2ccccc2)cc1. The van der Waals surface area contributed by atoms with Crippen LogP contribution in [0.25, 0.3) is 0 Å². The van der Waals surface area contributed by atoms with E-state index in [4.69, 9.17) is 15.2 Å². The van der Waals surface area contributed by atoms with Gasteiger partial charge in [-0.2, -0.15) is 0 Å². The Labute approximate surface area is 126 Å². The maximum Gasteiger partial charge on any atom is 0.118 e. The van der Waals surface area contributed by atoms with Crippen LogP contribution in [0, 0.1) is 5.92 Å². The summed E-state index contributed by atoms with van der Waals surface area (Å²) >= 11 is 0. The third-order valence-corrected chi connectivity index (χ3v) is 3.48. The maximum atomic E-state index is 5.85. The smallest absolute Gasteiger partial charge is 0.118 e. The van der Waals surface area contributed by atoms with Crippen LogP contribution in [0.4, 0.5) is 0 Å². The molecule has 2 rings (SSSR count). The lowest BCUT2D eigenvalue weighted by molar-refractivity contribution is 0.0892. The van der Waals surface area contributed by atoms with E-state index in [1.165, 1.54) is 11.1 Å². The molecule has 0 radical (unpaired) electrons. The molecule has 0 amide bonds. The second-order valence-corrected chi connectivity index (χ2v) is 5.15. The predicted octanol–water partition coefficient (Wildman–Crippen LogP) is 3.03.